The van der Waals surface area contributed by atoms with Crippen molar-refractivity contribution in [2.24, 2.45) is 0 Å². The molecule has 33 heavy (non-hydrogen) atoms. The lowest BCUT2D eigenvalue weighted by atomic mass is 10.1. The number of aromatic amines is 1. The van der Waals surface area contributed by atoms with Gasteiger partial charge in [-0.05, 0) is 30.7 Å². The summed E-state index contributed by atoms with van der Waals surface area (Å²) in [5.41, 5.74) is 5.70. The summed E-state index contributed by atoms with van der Waals surface area (Å²) in [4.78, 5) is 14.7. The number of hydrogen-bond acceptors (Lipinski definition) is 7. The third-order valence-corrected chi connectivity index (χ3v) is 7.68. The number of methoxy groups -OCH3 is 1. The van der Waals surface area contributed by atoms with Gasteiger partial charge in [0, 0.05) is 74.9 Å². The van der Waals surface area contributed by atoms with E-state index in [2.05, 4.69) is 26.3 Å². The van der Waals surface area contributed by atoms with Gasteiger partial charge in [0.1, 0.15) is 5.75 Å². The molecule has 3 heterocycles. The van der Waals surface area contributed by atoms with Gasteiger partial charge in [-0.25, -0.2) is 14.2 Å². The molecule has 170 valence electrons. The molecule has 0 aliphatic carbocycles. The van der Waals surface area contributed by atoms with E-state index in [4.69, 9.17) is 14.5 Å². The number of aryl methyl sites for hydroxylation is 1. The highest BCUT2D eigenvalue weighted by atomic mass is 32.2. The number of H-pyrrole nitrogens is 1. The van der Waals surface area contributed by atoms with Gasteiger partial charge in [0.2, 0.25) is 5.95 Å². The lowest BCUT2D eigenvalue weighted by Gasteiger charge is -2.30. The minimum Gasteiger partial charge on any atom is -0.494 e. The highest BCUT2D eigenvalue weighted by Gasteiger charge is 2.20. The van der Waals surface area contributed by atoms with Gasteiger partial charge in [-0.1, -0.05) is 18.2 Å². The highest BCUT2D eigenvalue weighted by Crippen LogP contribution is 2.34. The summed E-state index contributed by atoms with van der Waals surface area (Å²) < 4.78 is 25.4. The predicted octanol–water partition coefficient (Wildman–Crippen LogP) is 4.55. The molecule has 3 N–H and O–H groups in total. The van der Waals surface area contributed by atoms with Crippen LogP contribution in [-0.4, -0.2) is 50.9 Å². The standard InChI is InChI=1S/C24H26N6O2S/c1-16-14-27-24(29-23(16)19-15-26-20-6-4-3-5-18(19)20)28-21-8-7-17(13-22(21)32-2)30-9-11-33(25,31)12-10-30/h3-8,13-15,25-26H,9-12H2,1-2H3,(H,27,28,29). The minimum absolute atomic E-state index is 0.392. The van der Waals surface area contributed by atoms with Crippen LogP contribution in [0.5, 0.6) is 5.75 Å². The first kappa shape index (κ1) is 21.3. The molecule has 9 heteroatoms. The molecule has 2 aromatic heterocycles. The maximum atomic E-state index is 12.0. The molecule has 1 fully saturated rings. The van der Waals surface area contributed by atoms with Crippen LogP contribution in [-0.2, 0) is 9.73 Å². The number of para-hydroxylation sites is 1. The lowest BCUT2D eigenvalue weighted by Crippen LogP contribution is -2.39. The minimum atomic E-state index is -2.43. The largest absolute Gasteiger partial charge is 0.494 e. The molecule has 5 rings (SSSR count). The number of ether oxygens (including phenoxy) is 1. The number of nitrogens with one attached hydrogen (secondary N) is 3. The molecule has 8 nitrogen and oxygen atoms in total. The molecular formula is C24H26N6O2S. The molecule has 0 radical (unpaired) electrons. The van der Waals surface area contributed by atoms with Gasteiger partial charge in [-0.15, -0.1) is 0 Å². The third kappa shape index (κ3) is 4.23. The molecule has 1 aliphatic heterocycles. The monoisotopic (exact) mass is 462 g/mol. The van der Waals surface area contributed by atoms with E-state index in [-0.39, 0.29) is 0 Å². The van der Waals surface area contributed by atoms with E-state index in [1.54, 1.807) is 7.11 Å². The van der Waals surface area contributed by atoms with Crippen molar-refractivity contribution in [2.45, 2.75) is 6.92 Å². The van der Waals surface area contributed by atoms with Crippen molar-refractivity contribution in [2.75, 3.05) is 41.9 Å². The summed E-state index contributed by atoms with van der Waals surface area (Å²) in [5, 5.41) is 4.41. The molecule has 0 amide bonds. The Labute approximate surface area is 193 Å². The fourth-order valence-corrected chi connectivity index (χ4v) is 5.36. The van der Waals surface area contributed by atoms with Crippen molar-refractivity contribution >= 4 is 38.0 Å². The molecule has 1 saturated heterocycles. The first-order valence-electron chi connectivity index (χ1n) is 10.8. The van der Waals surface area contributed by atoms with Crippen molar-refractivity contribution in [3.05, 3.63) is 60.4 Å². The summed E-state index contributed by atoms with van der Waals surface area (Å²) in [7, 11) is -0.803. The van der Waals surface area contributed by atoms with Gasteiger partial charge >= 0.3 is 0 Å². The molecule has 0 unspecified atom stereocenters. The average molecular weight is 463 g/mol. The summed E-state index contributed by atoms with van der Waals surface area (Å²) in [6, 6.07) is 14.0. The predicted molar refractivity (Wildman–Crippen MR) is 133 cm³/mol. The maximum absolute atomic E-state index is 12.0. The Morgan fingerprint density at radius 3 is 2.76 bits per heavy atom. The average Bonchev–Trinajstić information content (AvgIpc) is 3.25. The molecule has 2 aromatic carbocycles. The fraction of sp³-hybridized carbons (Fsp3) is 0.250. The van der Waals surface area contributed by atoms with E-state index in [1.807, 2.05) is 55.7 Å². The van der Waals surface area contributed by atoms with Crippen LogP contribution in [0.3, 0.4) is 0 Å². The van der Waals surface area contributed by atoms with Crippen LogP contribution in [0.4, 0.5) is 17.3 Å². The van der Waals surface area contributed by atoms with Crippen molar-refractivity contribution < 1.29 is 8.95 Å². The highest BCUT2D eigenvalue weighted by molar-refractivity contribution is 7.92. The Bertz CT molecular complexity index is 1420. The lowest BCUT2D eigenvalue weighted by molar-refractivity contribution is 0.416. The van der Waals surface area contributed by atoms with E-state index in [0.29, 0.717) is 36.3 Å². The van der Waals surface area contributed by atoms with Gasteiger partial charge < -0.3 is 19.9 Å². The van der Waals surface area contributed by atoms with E-state index < -0.39 is 9.73 Å². The maximum Gasteiger partial charge on any atom is 0.227 e. The van der Waals surface area contributed by atoms with E-state index in [0.717, 1.165) is 39.1 Å². The van der Waals surface area contributed by atoms with Crippen molar-refractivity contribution in [1.82, 2.24) is 15.0 Å². The number of nitrogens with zero attached hydrogens (tertiary/aromatic N) is 3. The Morgan fingerprint density at radius 1 is 1.18 bits per heavy atom. The van der Waals surface area contributed by atoms with Crippen LogP contribution in [0.15, 0.2) is 54.9 Å². The number of rotatable bonds is 5. The van der Waals surface area contributed by atoms with Crippen molar-refractivity contribution in [3.63, 3.8) is 0 Å². The summed E-state index contributed by atoms with van der Waals surface area (Å²) in [5.74, 6) is 1.94. The summed E-state index contributed by atoms with van der Waals surface area (Å²) >= 11 is 0. The van der Waals surface area contributed by atoms with Gasteiger partial charge in [0.15, 0.2) is 0 Å². The molecule has 0 atom stereocenters. The van der Waals surface area contributed by atoms with E-state index in [1.165, 1.54) is 0 Å². The quantitative estimate of drug-likeness (QED) is 0.402. The third-order valence-electron chi connectivity index (χ3n) is 5.99. The normalized spacial score (nSPS) is 15.5. The first-order chi connectivity index (χ1) is 15.9. The van der Waals surface area contributed by atoms with Gasteiger partial charge in [0.25, 0.3) is 0 Å². The van der Waals surface area contributed by atoms with E-state index in [9.17, 15) is 4.21 Å². The zero-order valence-corrected chi connectivity index (χ0v) is 19.4. The van der Waals surface area contributed by atoms with Gasteiger partial charge in [0.05, 0.1) is 18.5 Å². The SMILES string of the molecule is COc1cc(N2CCS(=N)(=O)CC2)ccc1Nc1ncc(C)c(-c2c[nH]c3ccccc23)n1. The molecular weight excluding hydrogens is 436 g/mol. The molecule has 1 aliphatic rings. The smallest absolute Gasteiger partial charge is 0.227 e. The number of aromatic nitrogens is 3. The fourth-order valence-electron chi connectivity index (χ4n) is 4.13. The van der Waals surface area contributed by atoms with E-state index >= 15 is 0 Å². The van der Waals surface area contributed by atoms with Crippen LogP contribution >= 0.6 is 0 Å². The molecule has 0 bridgehead atoms. The van der Waals surface area contributed by atoms with Crippen LogP contribution in [0.25, 0.3) is 22.2 Å². The zero-order valence-electron chi connectivity index (χ0n) is 18.6. The number of fused-ring (bicyclic) bond motifs is 1. The van der Waals surface area contributed by atoms with Crippen molar-refractivity contribution in [3.8, 4) is 17.0 Å². The number of anilines is 3. The first-order valence-corrected chi connectivity index (χ1v) is 12.7. The zero-order chi connectivity index (χ0) is 23.0. The summed E-state index contributed by atoms with van der Waals surface area (Å²) in [6.45, 7) is 3.21. The van der Waals surface area contributed by atoms with Gasteiger partial charge in [-0.2, -0.15) is 0 Å². The topological polar surface area (TPSA) is 107 Å². The second-order valence-corrected chi connectivity index (χ2v) is 10.6. The number of hydrogen-bond donors (Lipinski definition) is 3. The number of benzene rings is 2. The van der Waals surface area contributed by atoms with Crippen LogP contribution in [0.1, 0.15) is 5.56 Å². The molecule has 0 spiro atoms. The second-order valence-electron chi connectivity index (χ2n) is 8.19. The second kappa shape index (κ2) is 8.40. The van der Waals surface area contributed by atoms with Crippen molar-refractivity contribution in [1.29, 1.82) is 4.78 Å². The van der Waals surface area contributed by atoms with Crippen LogP contribution < -0.4 is 15.0 Å². The molecule has 0 saturated carbocycles. The van der Waals surface area contributed by atoms with Gasteiger partial charge in [-0.3, -0.25) is 4.78 Å². The Morgan fingerprint density at radius 2 is 1.97 bits per heavy atom. The van der Waals surface area contributed by atoms with Crippen LogP contribution in [0, 0.1) is 11.7 Å². The van der Waals surface area contributed by atoms with Crippen LogP contribution in [0.2, 0.25) is 0 Å². The molecule has 4 aromatic rings. The Balaban J connectivity index is 1.43. The summed E-state index contributed by atoms with van der Waals surface area (Å²) in [6.07, 6.45) is 3.80. The Hall–Kier alpha value is -3.59. The Kier molecular flexibility index (Phi) is 5.41.